The van der Waals surface area contributed by atoms with Gasteiger partial charge in [0.25, 0.3) is 5.56 Å². The predicted molar refractivity (Wildman–Crippen MR) is 108 cm³/mol. The van der Waals surface area contributed by atoms with E-state index in [1.165, 1.54) is 15.9 Å². The number of sulfonamides is 1. The minimum Gasteiger partial charge on any atom is -0.472 e. The number of nitrogens with zero attached hydrogens (tertiary/aromatic N) is 3. The zero-order valence-electron chi connectivity index (χ0n) is 17.2. The van der Waals surface area contributed by atoms with Crippen molar-refractivity contribution in [3.05, 3.63) is 56.2 Å². The van der Waals surface area contributed by atoms with Crippen molar-refractivity contribution in [1.29, 1.82) is 0 Å². The molecule has 2 atom stereocenters. The van der Waals surface area contributed by atoms with Gasteiger partial charge < -0.3 is 4.74 Å². The van der Waals surface area contributed by atoms with E-state index in [1.54, 1.807) is 31.3 Å². The second-order valence-electron chi connectivity index (χ2n) is 8.48. The van der Waals surface area contributed by atoms with E-state index < -0.39 is 26.9 Å². The number of aromatic nitrogens is 2. The zero-order chi connectivity index (χ0) is 21.3. The summed E-state index contributed by atoms with van der Waals surface area (Å²) in [5.41, 5.74) is -0.271. The maximum Gasteiger partial charge on any atom is 0.333 e. The van der Waals surface area contributed by atoms with E-state index in [-0.39, 0.29) is 35.7 Å². The third-order valence-electron chi connectivity index (χ3n) is 6.21. The summed E-state index contributed by atoms with van der Waals surface area (Å²) in [6.07, 6.45) is 0. The van der Waals surface area contributed by atoms with Crippen LogP contribution in [0.4, 0.5) is 0 Å². The summed E-state index contributed by atoms with van der Waals surface area (Å²) >= 11 is 0. The molecule has 1 saturated heterocycles. The van der Waals surface area contributed by atoms with E-state index in [4.69, 9.17) is 4.74 Å². The average Bonchev–Trinajstić information content (AvgIpc) is 3.12. The molecule has 2 aliphatic heterocycles. The van der Waals surface area contributed by atoms with Gasteiger partial charge in [-0.15, -0.1) is 0 Å². The van der Waals surface area contributed by atoms with Crippen molar-refractivity contribution < 1.29 is 13.2 Å². The lowest BCUT2D eigenvalue weighted by Crippen LogP contribution is -2.51. The number of ether oxygens (including phenoxy) is 1. The van der Waals surface area contributed by atoms with Crippen molar-refractivity contribution in [2.45, 2.75) is 37.2 Å². The Morgan fingerprint density at radius 3 is 2.28 bits per heavy atom. The molecule has 0 amide bonds. The van der Waals surface area contributed by atoms with Gasteiger partial charge >= 0.3 is 5.69 Å². The highest BCUT2D eigenvalue weighted by Crippen LogP contribution is 2.47. The van der Waals surface area contributed by atoms with Gasteiger partial charge in [-0.2, -0.15) is 4.31 Å². The van der Waals surface area contributed by atoms with Crippen molar-refractivity contribution in [1.82, 2.24) is 13.4 Å². The Morgan fingerprint density at radius 1 is 1.03 bits per heavy atom. The van der Waals surface area contributed by atoms with E-state index in [2.05, 4.69) is 0 Å². The molecule has 0 radical (unpaired) electrons. The minimum atomic E-state index is -3.71. The number of rotatable bonds is 2. The van der Waals surface area contributed by atoms with Gasteiger partial charge in [0.2, 0.25) is 15.9 Å². The van der Waals surface area contributed by atoms with E-state index in [0.717, 1.165) is 10.1 Å². The first-order valence-corrected chi connectivity index (χ1v) is 10.9. The van der Waals surface area contributed by atoms with Crippen LogP contribution < -0.4 is 16.0 Å². The summed E-state index contributed by atoms with van der Waals surface area (Å²) < 4.78 is 36.4. The number of hydrogen-bond donors (Lipinski definition) is 0. The fraction of sp³-hybridized carbons (Fsp3) is 0.500. The second kappa shape index (κ2) is 6.30. The second-order valence-corrected chi connectivity index (χ2v) is 10.4. The lowest BCUT2D eigenvalue weighted by molar-refractivity contribution is 0.0147. The maximum absolute atomic E-state index is 13.2. The molecule has 0 N–H and O–H groups in total. The Kier molecular flexibility index (Phi) is 4.33. The molecule has 0 bridgehead atoms. The largest absolute Gasteiger partial charge is 0.472 e. The highest BCUT2D eigenvalue weighted by molar-refractivity contribution is 7.89. The number of hydrogen-bond acceptors (Lipinski definition) is 5. The van der Waals surface area contributed by atoms with Gasteiger partial charge in [-0.05, 0) is 32.9 Å². The quantitative estimate of drug-likeness (QED) is 0.723. The normalized spacial score (nSPS) is 23.3. The molecule has 0 aliphatic carbocycles. The zero-order valence-corrected chi connectivity index (χ0v) is 18.0. The summed E-state index contributed by atoms with van der Waals surface area (Å²) in [7, 11) is -0.719. The van der Waals surface area contributed by atoms with E-state index in [1.807, 2.05) is 20.8 Å². The molecule has 29 heavy (non-hydrogen) atoms. The molecule has 8 nitrogen and oxygen atoms in total. The molecule has 156 valence electrons. The van der Waals surface area contributed by atoms with Crippen molar-refractivity contribution >= 4 is 10.0 Å². The van der Waals surface area contributed by atoms with E-state index >= 15 is 0 Å². The molecule has 1 fully saturated rings. The first-order valence-electron chi connectivity index (χ1n) is 9.51. The fourth-order valence-electron chi connectivity index (χ4n) is 4.44. The number of fused-ring (bicyclic) bond motifs is 3. The lowest BCUT2D eigenvalue weighted by Gasteiger charge is -2.41. The third kappa shape index (κ3) is 2.86. The molecule has 1 aromatic heterocycles. The van der Waals surface area contributed by atoms with Crippen LogP contribution in [0.25, 0.3) is 0 Å². The van der Waals surface area contributed by atoms with Crippen LogP contribution in [0.15, 0.2) is 38.8 Å². The Morgan fingerprint density at radius 2 is 1.66 bits per heavy atom. The fourth-order valence-corrected chi connectivity index (χ4v) is 5.93. The molecule has 9 heteroatoms. The SMILES string of the molecule is Cc1ccc(S(=O)(=O)N2C[C@@H]3c4c(n(C)c(=O)n(C)c4=O)OC(C)(C)[C@H]3C2)cc1. The van der Waals surface area contributed by atoms with Crippen LogP contribution in [-0.2, 0) is 24.1 Å². The van der Waals surface area contributed by atoms with Crippen molar-refractivity contribution in [3.63, 3.8) is 0 Å². The Bertz CT molecular complexity index is 1210. The topological polar surface area (TPSA) is 90.6 Å². The van der Waals surface area contributed by atoms with Gasteiger partial charge in [0.15, 0.2) is 0 Å². The van der Waals surface area contributed by atoms with Crippen LogP contribution in [0.3, 0.4) is 0 Å². The van der Waals surface area contributed by atoms with Crippen LogP contribution in [0.2, 0.25) is 0 Å². The summed E-state index contributed by atoms with van der Waals surface area (Å²) in [5, 5.41) is 0. The molecular formula is C20H25N3O5S. The van der Waals surface area contributed by atoms with Gasteiger partial charge in [-0.1, -0.05) is 17.7 Å². The Balaban J connectivity index is 1.83. The van der Waals surface area contributed by atoms with E-state index in [0.29, 0.717) is 5.56 Å². The molecule has 2 aliphatic rings. The van der Waals surface area contributed by atoms with Gasteiger partial charge in [0.1, 0.15) is 5.60 Å². The highest BCUT2D eigenvalue weighted by Gasteiger charge is 2.53. The molecular weight excluding hydrogens is 394 g/mol. The maximum atomic E-state index is 13.2. The van der Waals surface area contributed by atoms with Gasteiger partial charge in [-0.25, -0.2) is 13.2 Å². The van der Waals surface area contributed by atoms with Crippen LogP contribution >= 0.6 is 0 Å². The summed E-state index contributed by atoms with van der Waals surface area (Å²) in [5.74, 6) is -0.321. The van der Waals surface area contributed by atoms with Crippen LogP contribution in [0.5, 0.6) is 5.88 Å². The lowest BCUT2D eigenvalue weighted by atomic mass is 9.77. The summed E-state index contributed by atoms with van der Waals surface area (Å²) in [6, 6.07) is 6.74. The monoisotopic (exact) mass is 419 g/mol. The molecule has 4 rings (SSSR count). The number of benzene rings is 1. The number of aryl methyl sites for hydroxylation is 1. The molecule has 0 spiro atoms. The summed E-state index contributed by atoms with van der Waals surface area (Å²) in [4.78, 5) is 25.5. The molecule has 2 aromatic rings. The first kappa shape index (κ1) is 19.9. The third-order valence-corrected chi connectivity index (χ3v) is 8.06. The smallest absolute Gasteiger partial charge is 0.333 e. The van der Waals surface area contributed by atoms with Crippen molar-refractivity contribution in [2.24, 2.45) is 20.0 Å². The Hall–Kier alpha value is -2.39. The van der Waals surface area contributed by atoms with Crippen LogP contribution in [-0.4, -0.2) is 40.5 Å². The summed E-state index contributed by atoms with van der Waals surface area (Å²) in [6.45, 7) is 6.07. The first-order chi connectivity index (χ1) is 13.4. The van der Waals surface area contributed by atoms with Gasteiger partial charge in [-0.3, -0.25) is 13.9 Å². The van der Waals surface area contributed by atoms with Crippen LogP contribution in [0.1, 0.15) is 30.9 Å². The predicted octanol–water partition coefficient (Wildman–Crippen LogP) is 0.968. The van der Waals surface area contributed by atoms with E-state index in [9.17, 15) is 18.0 Å². The average molecular weight is 420 g/mol. The minimum absolute atomic E-state index is 0.175. The van der Waals surface area contributed by atoms with Crippen molar-refractivity contribution in [3.8, 4) is 5.88 Å². The van der Waals surface area contributed by atoms with Gasteiger partial charge in [0.05, 0.1) is 10.5 Å². The molecule has 3 heterocycles. The van der Waals surface area contributed by atoms with Gasteiger partial charge in [0, 0.05) is 39.0 Å². The van der Waals surface area contributed by atoms with Crippen molar-refractivity contribution in [2.75, 3.05) is 13.1 Å². The molecule has 0 saturated carbocycles. The molecule has 1 aromatic carbocycles. The standard InChI is InChI=1S/C20H25N3O5S/c1-12-6-8-13(9-7-12)29(26,27)23-10-14-15(11-23)20(2,3)28-18-16(14)17(24)21(4)19(25)22(18)5/h6-9,14-15H,10-11H2,1-5H3/t14-,15-/m0/s1. The highest BCUT2D eigenvalue weighted by atomic mass is 32.2. The Labute approximate surface area is 169 Å². The van der Waals surface area contributed by atoms with Crippen LogP contribution in [0, 0.1) is 12.8 Å². The molecule has 0 unspecified atom stereocenters.